The Morgan fingerprint density at radius 3 is 2.62 bits per heavy atom. The van der Waals surface area contributed by atoms with Crippen molar-refractivity contribution in [3.8, 4) is 0 Å². The van der Waals surface area contributed by atoms with Crippen molar-refractivity contribution in [2.45, 2.75) is 12.5 Å². The highest BCUT2D eigenvalue weighted by Gasteiger charge is 2.54. The van der Waals surface area contributed by atoms with Crippen LogP contribution < -0.4 is 4.90 Å². The van der Waals surface area contributed by atoms with Crippen molar-refractivity contribution < 1.29 is 9.59 Å². The van der Waals surface area contributed by atoms with E-state index in [1.807, 2.05) is 54.6 Å². The van der Waals surface area contributed by atoms with Gasteiger partial charge >= 0.3 is 0 Å². The van der Waals surface area contributed by atoms with Gasteiger partial charge in [-0.3, -0.25) is 9.59 Å². The number of carbonyl (C=O) groups is 2. The van der Waals surface area contributed by atoms with Gasteiger partial charge in [0, 0.05) is 7.05 Å². The Hall–Kier alpha value is -2.36. The maximum absolute atomic E-state index is 12.9. The number of anilines is 1. The molecule has 0 N–H and O–H groups in total. The maximum Gasteiger partial charge on any atom is 0.240 e. The van der Waals surface area contributed by atoms with Gasteiger partial charge in [-0.1, -0.05) is 24.3 Å². The van der Waals surface area contributed by atoms with Crippen molar-refractivity contribution in [3.05, 3.63) is 54.3 Å². The molecule has 21 heavy (non-hydrogen) atoms. The Morgan fingerprint density at radius 1 is 1.10 bits per heavy atom. The number of fused-ring (bicyclic) bond motifs is 3. The highest BCUT2D eigenvalue weighted by atomic mass is 16.2. The minimum atomic E-state index is -0.266. The zero-order valence-corrected chi connectivity index (χ0v) is 11.8. The normalized spacial score (nSPS) is 30.5. The summed E-state index contributed by atoms with van der Waals surface area (Å²) in [6, 6.07) is 9.23. The van der Waals surface area contributed by atoms with Crippen LogP contribution in [0.2, 0.25) is 0 Å². The molecule has 1 aromatic rings. The van der Waals surface area contributed by atoms with Gasteiger partial charge in [0.05, 0.1) is 23.6 Å². The van der Waals surface area contributed by atoms with Crippen LogP contribution in [-0.2, 0) is 9.59 Å². The van der Waals surface area contributed by atoms with E-state index in [9.17, 15) is 9.59 Å². The zero-order valence-electron chi connectivity index (χ0n) is 11.8. The van der Waals surface area contributed by atoms with Gasteiger partial charge in [-0.05, 0) is 36.4 Å². The molecule has 4 rings (SSSR count). The number of benzene rings is 1. The van der Waals surface area contributed by atoms with Gasteiger partial charge < -0.3 is 4.90 Å². The summed E-state index contributed by atoms with van der Waals surface area (Å²) >= 11 is 0. The van der Waals surface area contributed by atoms with Crippen LogP contribution >= 0.6 is 0 Å². The van der Waals surface area contributed by atoms with Crippen LogP contribution in [0.25, 0.3) is 0 Å². The number of likely N-dealkylation sites (N-methyl/N-ethyl adjacent to an activating group) is 1. The van der Waals surface area contributed by atoms with E-state index in [-0.39, 0.29) is 29.7 Å². The predicted octanol–water partition coefficient (Wildman–Crippen LogP) is 1.95. The molecule has 0 spiro atoms. The molecule has 0 bridgehead atoms. The van der Waals surface area contributed by atoms with E-state index in [4.69, 9.17) is 0 Å². The largest absolute Gasteiger partial charge is 0.373 e. The van der Waals surface area contributed by atoms with Crippen LogP contribution in [0.4, 0.5) is 5.69 Å². The Morgan fingerprint density at radius 2 is 1.86 bits per heavy atom. The van der Waals surface area contributed by atoms with Crippen LogP contribution in [0.3, 0.4) is 0 Å². The number of carbonyl (C=O) groups excluding carboxylic acids is 2. The Balaban J connectivity index is 1.75. The molecule has 2 amide bonds. The lowest BCUT2D eigenvalue weighted by Crippen LogP contribution is -2.41. The van der Waals surface area contributed by atoms with Gasteiger partial charge in [0.15, 0.2) is 0 Å². The number of para-hydroxylation sites is 1. The molecule has 4 nitrogen and oxygen atoms in total. The first kappa shape index (κ1) is 12.4. The van der Waals surface area contributed by atoms with E-state index >= 15 is 0 Å². The van der Waals surface area contributed by atoms with Crippen LogP contribution in [0.15, 0.2) is 54.3 Å². The quantitative estimate of drug-likeness (QED) is 0.738. The summed E-state index contributed by atoms with van der Waals surface area (Å²) in [5.41, 5.74) is 1.84. The van der Waals surface area contributed by atoms with E-state index in [1.165, 1.54) is 4.90 Å². The standard InChI is InChI=1S/C17H16N2O2/c1-18-10-9-11-7-8-13-14(15(11)18)17(21)19(16(13)20)12-5-3-2-4-6-12/h2-7,9-10,13-15H,8H2,1H3/t13-,14-,15+/m0/s1. The Labute approximate surface area is 123 Å². The van der Waals surface area contributed by atoms with Gasteiger partial charge in [-0.15, -0.1) is 0 Å². The third kappa shape index (κ3) is 1.62. The van der Waals surface area contributed by atoms with Gasteiger partial charge in [0.2, 0.25) is 11.8 Å². The lowest BCUT2D eigenvalue weighted by molar-refractivity contribution is -0.122. The van der Waals surface area contributed by atoms with Gasteiger partial charge in [-0.25, -0.2) is 4.90 Å². The Kier molecular flexibility index (Phi) is 2.55. The van der Waals surface area contributed by atoms with E-state index < -0.39 is 0 Å². The molecule has 3 aliphatic rings. The summed E-state index contributed by atoms with van der Waals surface area (Å²) in [6.07, 6.45) is 6.79. The average molecular weight is 280 g/mol. The molecule has 1 fully saturated rings. The molecular weight excluding hydrogens is 264 g/mol. The maximum atomic E-state index is 12.9. The summed E-state index contributed by atoms with van der Waals surface area (Å²) in [5.74, 6) is -0.624. The summed E-state index contributed by atoms with van der Waals surface area (Å²) in [5, 5.41) is 0. The fourth-order valence-electron chi connectivity index (χ4n) is 3.73. The molecule has 2 aliphatic heterocycles. The van der Waals surface area contributed by atoms with Crippen molar-refractivity contribution in [3.63, 3.8) is 0 Å². The first-order valence-electron chi connectivity index (χ1n) is 7.21. The van der Waals surface area contributed by atoms with Gasteiger partial charge in [0.1, 0.15) is 0 Å². The van der Waals surface area contributed by atoms with Crippen LogP contribution in [0.5, 0.6) is 0 Å². The highest BCUT2D eigenvalue weighted by molar-refractivity contribution is 6.22. The van der Waals surface area contributed by atoms with Gasteiger partial charge in [-0.2, -0.15) is 0 Å². The van der Waals surface area contributed by atoms with Crippen LogP contribution in [0, 0.1) is 11.8 Å². The molecule has 0 saturated carbocycles. The first-order chi connectivity index (χ1) is 10.2. The molecular formula is C17H16N2O2. The second-order valence-electron chi connectivity index (χ2n) is 5.85. The number of rotatable bonds is 1. The fourth-order valence-corrected chi connectivity index (χ4v) is 3.73. The van der Waals surface area contributed by atoms with E-state index in [0.29, 0.717) is 12.1 Å². The second-order valence-corrected chi connectivity index (χ2v) is 5.85. The number of amides is 2. The minimum Gasteiger partial charge on any atom is -0.373 e. The number of nitrogens with zero attached hydrogens (tertiary/aromatic N) is 2. The molecule has 4 heteroatoms. The summed E-state index contributed by atoms with van der Waals surface area (Å²) in [6.45, 7) is 0. The minimum absolute atomic E-state index is 0.00825. The molecule has 2 heterocycles. The number of imide groups is 1. The lowest BCUT2D eigenvalue weighted by Gasteiger charge is -2.32. The highest BCUT2D eigenvalue weighted by Crippen LogP contribution is 2.43. The molecule has 3 atom stereocenters. The third-order valence-electron chi connectivity index (χ3n) is 4.72. The predicted molar refractivity (Wildman–Crippen MR) is 79.3 cm³/mol. The number of hydrogen-bond acceptors (Lipinski definition) is 3. The Bertz CT molecular complexity index is 677. The summed E-state index contributed by atoms with van der Waals surface area (Å²) in [4.78, 5) is 29.0. The van der Waals surface area contributed by atoms with Crippen molar-refractivity contribution in [2.75, 3.05) is 11.9 Å². The van der Waals surface area contributed by atoms with Crippen molar-refractivity contribution in [1.82, 2.24) is 4.90 Å². The van der Waals surface area contributed by atoms with Crippen molar-refractivity contribution >= 4 is 17.5 Å². The van der Waals surface area contributed by atoms with E-state index in [1.54, 1.807) is 0 Å². The lowest BCUT2D eigenvalue weighted by atomic mass is 9.78. The SMILES string of the molecule is CN1C=CC2=CC[C@@H]3C(=O)N(c4ccccc4)C(=O)[C@@H]3[C@@H]21. The zero-order chi connectivity index (χ0) is 14.6. The first-order valence-corrected chi connectivity index (χ1v) is 7.21. The van der Waals surface area contributed by atoms with Crippen molar-refractivity contribution in [1.29, 1.82) is 0 Å². The van der Waals surface area contributed by atoms with Crippen LogP contribution in [-0.4, -0.2) is 29.8 Å². The fraction of sp³-hybridized carbons (Fsp3) is 0.294. The monoisotopic (exact) mass is 280 g/mol. The van der Waals surface area contributed by atoms with Crippen LogP contribution in [0.1, 0.15) is 6.42 Å². The molecule has 0 radical (unpaired) electrons. The van der Waals surface area contributed by atoms with Crippen molar-refractivity contribution in [2.24, 2.45) is 11.8 Å². The molecule has 0 unspecified atom stereocenters. The number of hydrogen-bond donors (Lipinski definition) is 0. The summed E-state index contributed by atoms with van der Waals surface area (Å²) < 4.78 is 0. The third-order valence-corrected chi connectivity index (χ3v) is 4.72. The second kappa shape index (κ2) is 4.32. The summed E-state index contributed by atoms with van der Waals surface area (Å²) in [7, 11) is 1.97. The molecule has 0 aromatic heterocycles. The molecule has 1 aliphatic carbocycles. The molecule has 1 saturated heterocycles. The average Bonchev–Trinajstić information content (AvgIpc) is 2.99. The topological polar surface area (TPSA) is 40.6 Å². The number of allylic oxidation sites excluding steroid dienone is 1. The van der Waals surface area contributed by atoms with Gasteiger partial charge in [0.25, 0.3) is 0 Å². The smallest absolute Gasteiger partial charge is 0.240 e. The molecule has 106 valence electrons. The molecule has 1 aromatic carbocycles. The van der Waals surface area contributed by atoms with E-state index in [0.717, 1.165) is 5.57 Å². The van der Waals surface area contributed by atoms with E-state index in [2.05, 4.69) is 6.08 Å².